The van der Waals surface area contributed by atoms with E-state index in [9.17, 15) is 32.7 Å². The van der Waals surface area contributed by atoms with Gasteiger partial charge in [-0.1, -0.05) is 26.0 Å². The van der Waals surface area contributed by atoms with Crippen LogP contribution in [0.4, 0.5) is 9.18 Å². The fraction of sp³-hybridized carbons (Fsp3) is 0.559. The number of benzene rings is 1. The first-order chi connectivity index (χ1) is 23.7. The third-order valence-electron chi connectivity index (χ3n) is 10.2. The molecule has 4 amide bonds. The smallest absolute Gasteiger partial charge is 0.405 e. The van der Waals surface area contributed by atoms with Gasteiger partial charge in [-0.05, 0) is 68.6 Å². The first kappa shape index (κ1) is 35.4. The lowest BCUT2D eigenvalue weighted by molar-refractivity contribution is -0.142. The molecule has 2 aromatic rings. The predicted octanol–water partition coefficient (Wildman–Crippen LogP) is 2.86. The number of rotatable bonds is 7. The molecule has 0 radical (unpaired) electrons. The summed E-state index contributed by atoms with van der Waals surface area (Å²) in [6.45, 7) is 3.64. The minimum atomic E-state index is -3.92. The summed E-state index contributed by atoms with van der Waals surface area (Å²) in [5.74, 6) is -3.55. The van der Waals surface area contributed by atoms with E-state index in [1.165, 1.54) is 30.3 Å². The second-order valence-electron chi connectivity index (χ2n) is 14.0. The number of sulfonamides is 1. The van der Waals surface area contributed by atoms with Crippen molar-refractivity contribution < 1.29 is 46.6 Å². The highest BCUT2D eigenvalue weighted by Gasteiger charge is 2.62. The molecule has 0 unspecified atom stereocenters. The van der Waals surface area contributed by atoms with E-state index in [1.807, 2.05) is 19.1 Å². The van der Waals surface area contributed by atoms with Crippen molar-refractivity contribution >= 4 is 44.6 Å². The lowest BCUT2D eigenvalue weighted by atomic mass is 9.88. The van der Waals surface area contributed by atoms with Crippen molar-refractivity contribution in [2.24, 2.45) is 17.8 Å². The van der Waals surface area contributed by atoms with Crippen molar-refractivity contribution in [3.05, 3.63) is 42.4 Å². The molecule has 50 heavy (non-hydrogen) atoms. The summed E-state index contributed by atoms with van der Waals surface area (Å²) in [4.78, 5) is 59.5. The van der Waals surface area contributed by atoms with Crippen molar-refractivity contribution in [1.29, 1.82) is 0 Å². The summed E-state index contributed by atoms with van der Waals surface area (Å²) in [7, 11) is -2.58. The summed E-state index contributed by atoms with van der Waals surface area (Å²) in [6.07, 6.45) is 5.68. The number of amides is 4. The molecule has 3 fully saturated rings. The highest BCUT2D eigenvalue weighted by atomic mass is 32.2. The quantitative estimate of drug-likeness (QED) is 0.310. The average molecular weight is 716 g/mol. The van der Waals surface area contributed by atoms with Crippen LogP contribution >= 0.6 is 0 Å². The largest absolute Gasteiger partial charge is 0.494 e. The Balaban J connectivity index is 1.34. The fourth-order valence-corrected chi connectivity index (χ4v) is 8.58. The van der Waals surface area contributed by atoms with Crippen LogP contribution in [-0.4, -0.2) is 89.9 Å². The van der Waals surface area contributed by atoms with Crippen molar-refractivity contribution in [3.8, 4) is 11.6 Å². The molecule has 0 spiro atoms. The molecule has 7 atom stereocenters. The fourth-order valence-electron chi connectivity index (χ4n) is 7.21. The molecule has 4 aliphatic rings. The van der Waals surface area contributed by atoms with E-state index >= 15 is 4.39 Å². The van der Waals surface area contributed by atoms with Crippen LogP contribution in [0.15, 0.2) is 36.5 Å². The van der Waals surface area contributed by atoms with Gasteiger partial charge in [0, 0.05) is 29.3 Å². The number of carbonyl (C=O) groups excluding carboxylic acids is 3. The Labute approximate surface area is 289 Å². The van der Waals surface area contributed by atoms with Crippen molar-refractivity contribution in [2.45, 2.75) is 87.8 Å². The summed E-state index contributed by atoms with van der Waals surface area (Å²) >= 11 is 0. The van der Waals surface area contributed by atoms with E-state index in [2.05, 4.69) is 20.3 Å². The topological polar surface area (TPSA) is 193 Å². The van der Waals surface area contributed by atoms with Gasteiger partial charge in [0.25, 0.3) is 5.91 Å². The molecule has 16 heteroatoms. The zero-order valence-corrected chi connectivity index (χ0v) is 28.9. The van der Waals surface area contributed by atoms with Crippen molar-refractivity contribution in [1.82, 2.24) is 25.2 Å². The molecule has 14 nitrogen and oxygen atoms in total. The highest BCUT2D eigenvalue weighted by molar-refractivity contribution is 7.91. The number of aromatic nitrogens is 1. The molecule has 1 aromatic heterocycles. The van der Waals surface area contributed by atoms with Crippen LogP contribution in [0.2, 0.25) is 0 Å². The first-order valence-electron chi connectivity index (χ1n) is 16.9. The molecule has 1 saturated heterocycles. The van der Waals surface area contributed by atoms with E-state index in [0.717, 1.165) is 6.42 Å². The van der Waals surface area contributed by atoms with Gasteiger partial charge in [0.15, 0.2) is 11.6 Å². The molecule has 4 N–H and O–H groups in total. The maximum absolute atomic E-state index is 15.1. The van der Waals surface area contributed by atoms with E-state index in [1.54, 1.807) is 13.0 Å². The van der Waals surface area contributed by atoms with Gasteiger partial charge in [0.1, 0.15) is 23.7 Å². The zero-order valence-electron chi connectivity index (χ0n) is 28.1. The zero-order chi connectivity index (χ0) is 36.0. The lowest BCUT2D eigenvalue weighted by Crippen LogP contribution is -2.59. The number of fused-ring (bicyclic) bond motifs is 3. The standard InChI is InChI=1S/C34H42FN5O9S/c1-18-6-4-5-7-20-16-34(20,32(43)39-50(46,47)22-8-9-22)38-29(41)25-15-21(17-40(25)31(42)28(19(2)14-18)37-33(44)45)49-30-24-10-11-26(48-3)27(35)23(24)12-13-36-30/h5,7,10-13,18-22,25,28,37H,4,6,8-9,14-17H2,1-3H3,(H,38,41)(H,39,43)(H,44,45)/t18-,19+,20+,21+,25-,28-,34+/m0/s1. The van der Waals surface area contributed by atoms with Crippen LogP contribution < -0.4 is 24.8 Å². The summed E-state index contributed by atoms with van der Waals surface area (Å²) in [5.41, 5.74) is -1.56. The molecule has 270 valence electrons. The Morgan fingerprint density at radius 1 is 1.12 bits per heavy atom. The minimum absolute atomic E-state index is 0.0280. The molecule has 0 bridgehead atoms. The van der Waals surface area contributed by atoms with Gasteiger partial charge in [0.2, 0.25) is 27.7 Å². The minimum Gasteiger partial charge on any atom is -0.494 e. The van der Waals surface area contributed by atoms with Gasteiger partial charge >= 0.3 is 6.09 Å². The number of carbonyl (C=O) groups is 4. The van der Waals surface area contributed by atoms with Crippen LogP contribution in [0.1, 0.15) is 58.8 Å². The van der Waals surface area contributed by atoms with Gasteiger partial charge < -0.3 is 30.1 Å². The van der Waals surface area contributed by atoms with Crippen LogP contribution in [0.25, 0.3) is 10.8 Å². The third kappa shape index (κ3) is 7.07. The maximum Gasteiger partial charge on any atom is 0.405 e. The number of nitrogens with zero attached hydrogens (tertiary/aromatic N) is 2. The number of carboxylic acid groups (broad SMARTS) is 1. The molecule has 2 aliphatic carbocycles. The van der Waals surface area contributed by atoms with Crippen molar-refractivity contribution in [3.63, 3.8) is 0 Å². The van der Waals surface area contributed by atoms with Gasteiger partial charge in [0.05, 0.1) is 18.9 Å². The second-order valence-corrected chi connectivity index (χ2v) is 15.9. The molecule has 2 saturated carbocycles. The average Bonchev–Trinajstić information content (AvgIpc) is 3.99. The Hall–Kier alpha value is -4.47. The van der Waals surface area contributed by atoms with Crippen LogP contribution in [0, 0.1) is 23.6 Å². The third-order valence-corrected chi connectivity index (χ3v) is 12.0. The monoisotopic (exact) mass is 715 g/mol. The van der Waals surface area contributed by atoms with E-state index < -0.39 is 80.5 Å². The molecule has 3 heterocycles. The number of nitrogens with one attached hydrogen (secondary N) is 3. The van der Waals surface area contributed by atoms with Gasteiger partial charge in [-0.15, -0.1) is 0 Å². The van der Waals surface area contributed by atoms with E-state index in [-0.39, 0.29) is 42.3 Å². The van der Waals surface area contributed by atoms with E-state index in [0.29, 0.717) is 31.1 Å². The number of hydrogen-bond acceptors (Lipinski definition) is 9. The number of ether oxygens (including phenoxy) is 2. The number of hydrogen-bond donors (Lipinski definition) is 4. The maximum atomic E-state index is 15.1. The van der Waals surface area contributed by atoms with Crippen LogP contribution in [-0.2, 0) is 24.4 Å². The first-order valence-corrected chi connectivity index (χ1v) is 18.4. The normalized spacial score (nSPS) is 30.3. The number of halogens is 1. The second kappa shape index (κ2) is 13.7. The summed E-state index contributed by atoms with van der Waals surface area (Å²) in [5, 5.41) is 14.7. The lowest BCUT2D eigenvalue weighted by Gasteiger charge is -2.32. The van der Waals surface area contributed by atoms with Crippen molar-refractivity contribution in [2.75, 3.05) is 13.7 Å². The number of pyridine rings is 1. The molecular formula is C34H42FN5O9S. The van der Waals surface area contributed by atoms with E-state index in [4.69, 9.17) is 9.47 Å². The Kier molecular flexibility index (Phi) is 9.68. The predicted molar refractivity (Wildman–Crippen MR) is 178 cm³/mol. The Bertz CT molecular complexity index is 1840. The summed E-state index contributed by atoms with van der Waals surface area (Å²) < 4.78 is 54.1. The molecular weight excluding hydrogens is 673 g/mol. The SMILES string of the molecule is COc1ccc2c(O[C@@H]3C[C@H]4C(=O)N[C@]5(C(=O)NS(=O)(=O)C6CC6)C[C@H]5C=CCC[C@H](C)C[C@@H](C)[C@H](NC(=O)O)C(=O)N4C3)nccc2c1F. The highest BCUT2D eigenvalue weighted by Crippen LogP contribution is 2.46. The van der Waals surface area contributed by atoms with Gasteiger partial charge in [-0.25, -0.2) is 22.6 Å². The molecule has 6 rings (SSSR count). The molecule has 2 aliphatic heterocycles. The Morgan fingerprint density at radius 2 is 1.88 bits per heavy atom. The van der Waals surface area contributed by atoms with Gasteiger partial charge in [-0.2, -0.15) is 0 Å². The van der Waals surface area contributed by atoms with Crippen LogP contribution in [0.5, 0.6) is 11.6 Å². The Morgan fingerprint density at radius 3 is 2.58 bits per heavy atom. The number of methoxy groups -OCH3 is 1. The summed E-state index contributed by atoms with van der Waals surface area (Å²) in [6, 6.07) is 2.06. The van der Waals surface area contributed by atoms with Crippen LogP contribution in [0.3, 0.4) is 0 Å². The van der Waals surface area contributed by atoms with Gasteiger partial charge in [-0.3, -0.25) is 19.1 Å². The number of allylic oxidation sites excluding steroid dienone is 1. The molecule has 1 aromatic carbocycles.